The molecular weight excluding hydrogens is 246 g/mol. The van der Waals surface area contributed by atoms with E-state index in [0.717, 1.165) is 11.1 Å². The minimum absolute atomic E-state index is 0.0260. The van der Waals surface area contributed by atoms with Crippen molar-refractivity contribution in [2.45, 2.75) is 34.2 Å². The van der Waals surface area contributed by atoms with Gasteiger partial charge >= 0.3 is 0 Å². The summed E-state index contributed by atoms with van der Waals surface area (Å²) in [5.41, 5.74) is 4.17. The molecule has 0 aliphatic carbocycles. The van der Waals surface area contributed by atoms with E-state index in [1.54, 1.807) is 0 Å². The monoisotopic (exact) mass is 269 g/mol. The molecule has 0 atom stereocenters. The smallest absolute Gasteiger partial charge is 0.251 e. The van der Waals surface area contributed by atoms with E-state index in [-0.39, 0.29) is 5.91 Å². The van der Waals surface area contributed by atoms with Gasteiger partial charge in [0.15, 0.2) is 0 Å². The zero-order chi connectivity index (χ0) is 15.0. The molecule has 0 saturated heterocycles. The van der Waals surface area contributed by atoms with Crippen molar-refractivity contribution in [3.8, 4) is 0 Å². The number of aryl methyl sites for hydroxylation is 2. The second-order valence-electron chi connectivity index (χ2n) is 4.47. The maximum absolute atomic E-state index is 12.0. The Hall–Kier alpha value is -2.09. The third kappa shape index (κ3) is 4.54. The number of benzene rings is 2. The largest absolute Gasteiger partial charge is 0.348 e. The third-order valence-electron chi connectivity index (χ3n) is 3.06. The number of nitrogens with one attached hydrogen (secondary N) is 1. The lowest BCUT2D eigenvalue weighted by Crippen LogP contribution is -2.22. The van der Waals surface area contributed by atoms with Crippen molar-refractivity contribution in [2.24, 2.45) is 0 Å². The molecule has 0 unspecified atom stereocenters. The van der Waals surface area contributed by atoms with E-state index in [1.807, 2.05) is 76.2 Å². The van der Waals surface area contributed by atoms with Crippen molar-refractivity contribution in [1.29, 1.82) is 0 Å². The highest BCUT2D eigenvalue weighted by Gasteiger charge is 2.05. The van der Waals surface area contributed by atoms with Crippen molar-refractivity contribution >= 4 is 5.91 Å². The molecule has 0 saturated carbocycles. The highest BCUT2D eigenvalue weighted by atomic mass is 16.1. The minimum atomic E-state index is -0.0260. The molecule has 0 aromatic heterocycles. The molecule has 0 bridgehead atoms. The van der Waals surface area contributed by atoms with E-state index in [4.69, 9.17) is 0 Å². The van der Waals surface area contributed by atoms with Crippen LogP contribution in [0.1, 0.15) is 40.9 Å². The maximum Gasteiger partial charge on any atom is 0.251 e. The molecule has 0 heterocycles. The molecule has 0 aliphatic rings. The summed E-state index contributed by atoms with van der Waals surface area (Å²) in [7, 11) is 0. The van der Waals surface area contributed by atoms with Crippen molar-refractivity contribution in [3.05, 3.63) is 70.8 Å². The summed E-state index contributed by atoms with van der Waals surface area (Å²) in [5.74, 6) is -0.0260. The number of carbonyl (C=O) groups is 1. The van der Waals surface area contributed by atoms with Crippen molar-refractivity contribution < 1.29 is 4.79 Å². The van der Waals surface area contributed by atoms with Crippen LogP contribution in [0.2, 0.25) is 0 Å². The van der Waals surface area contributed by atoms with Crippen LogP contribution in [0.5, 0.6) is 0 Å². The van der Waals surface area contributed by atoms with E-state index >= 15 is 0 Å². The van der Waals surface area contributed by atoms with Crippen LogP contribution in [-0.4, -0.2) is 5.91 Å². The van der Waals surface area contributed by atoms with Crippen LogP contribution in [-0.2, 0) is 6.54 Å². The van der Waals surface area contributed by atoms with Crippen molar-refractivity contribution in [2.75, 3.05) is 0 Å². The van der Waals surface area contributed by atoms with Gasteiger partial charge in [-0.1, -0.05) is 50.2 Å². The summed E-state index contributed by atoms with van der Waals surface area (Å²) in [6.45, 7) is 8.62. The summed E-state index contributed by atoms with van der Waals surface area (Å²) in [6.07, 6.45) is 0. The molecule has 2 heteroatoms. The predicted octanol–water partition coefficient (Wildman–Crippen LogP) is 4.26. The highest BCUT2D eigenvalue weighted by Crippen LogP contribution is 2.10. The van der Waals surface area contributed by atoms with E-state index in [0.29, 0.717) is 12.1 Å². The number of hydrogen-bond acceptors (Lipinski definition) is 1. The Bertz CT molecular complexity index is 547. The average molecular weight is 269 g/mol. The molecule has 0 aliphatic heterocycles. The van der Waals surface area contributed by atoms with Crippen LogP contribution in [0, 0.1) is 13.8 Å². The first-order chi connectivity index (χ1) is 9.66. The minimum Gasteiger partial charge on any atom is -0.348 e. The van der Waals surface area contributed by atoms with Crippen LogP contribution >= 0.6 is 0 Å². The Morgan fingerprint density at radius 3 is 2.20 bits per heavy atom. The Morgan fingerprint density at radius 1 is 0.950 bits per heavy atom. The van der Waals surface area contributed by atoms with Gasteiger partial charge in [0.1, 0.15) is 0 Å². The van der Waals surface area contributed by atoms with Gasteiger partial charge in [-0.3, -0.25) is 4.79 Å². The maximum atomic E-state index is 12.0. The average Bonchev–Trinajstić information content (AvgIpc) is 2.50. The second-order valence-corrected chi connectivity index (χ2v) is 4.47. The zero-order valence-corrected chi connectivity index (χ0v) is 12.7. The molecule has 1 N–H and O–H groups in total. The topological polar surface area (TPSA) is 29.1 Å². The first-order valence-corrected chi connectivity index (χ1v) is 7.06. The Balaban J connectivity index is 0.000000956. The highest BCUT2D eigenvalue weighted by molar-refractivity contribution is 5.94. The van der Waals surface area contributed by atoms with Gasteiger partial charge in [0.2, 0.25) is 0 Å². The fourth-order valence-corrected chi connectivity index (χ4v) is 1.76. The van der Waals surface area contributed by atoms with Crippen LogP contribution in [0.15, 0.2) is 48.5 Å². The molecule has 0 radical (unpaired) electrons. The molecule has 1 amide bonds. The molecule has 2 nitrogen and oxygen atoms in total. The van der Waals surface area contributed by atoms with Gasteiger partial charge in [0, 0.05) is 12.1 Å². The summed E-state index contributed by atoms with van der Waals surface area (Å²) in [5, 5.41) is 2.92. The standard InChI is InChI=1S/C16H17NO.C2H6/c1-12-8-9-15(10-13(12)2)16(18)17-11-14-6-4-3-5-7-14;1-2/h3-10H,11H2,1-2H3,(H,17,18);1-2H3. The third-order valence-corrected chi connectivity index (χ3v) is 3.06. The van der Waals surface area contributed by atoms with E-state index < -0.39 is 0 Å². The Morgan fingerprint density at radius 2 is 1.60 bits per heavy atom. The summed E-state index contributed by atoms with van der Waals surface area (Å²) in [4.78, 5) is 12.0. The van der Waals surface area contributed by atoms with Crippen LogP contribution in [0.4, 0.5) is 0 Å². The van der Waals surface area contributed by atoms with E-state index in [2.05, 4.69) is 5.32 Å². The SMILES string of the molecule is CC.Cc1ccc(C(=O)NCc2ccccc2)cc1C. The first kappa shape index (κ1) is 16.0. The fourth-order valence-electron chi connectivity index (χ4n) is 1.76. The summed E-state index contributed by atoms with van der Waals surface area (Å²) >= 11 is 0. The van der Waals surface area contributed by atoms with Gasteiger partial charge in [0.25, 0.3) is 5.91 Å². The Labute approximate surface area is 121 Å². The molecule has 0 fully saturated rings. The van der Waals surface area contributed by atoms with Gasteiger partial charge in [-0.05, 0) is 42.7 Å². The summed E-state index contributed by atoms with van der Waals surface area (Å²) < 4.78 is 0. The zero-order valence-electron chi connectivity index (χ0n) is 12.7. The lowest BCUT2D eigenvalue weighted by Gasteiger charge is -2.07. The molecule has 0 spiro atoms. The van der Waals surface area contributed by atoms with Gasteiger partial charge in [-0.25, -0.2) is 0 Å². The number of carbonyl (C=O) groups excluding carboxylic acids is 1. The lowest BCUT2D eigenvalue weighted by atomic mass is 10.1. The van der Waals surface area contributed by atoms with Crippen LogP contribution in [0.25, 0.3) is 0 Å². The molecule has 20 heavy (non-hydrogen) atoms. The number of amides is 1. The fraction of sp³-hybridized carbons (Fsp3) is 0.278. The van der Waals surface area contributed by atoms with Gasteiger partial charge in [0.05, 0.1) is 0 Å². The number of rotatable bonds is 3. The van der Waals surface area contributed by atoms with Gasteiger partial charge < -0.3 is 5.32 Å². The second kappa shape index (κ2) is 8.16. The van der Waals surface area contributed by atoms with Crippen LogP contribution in [0.3, 0.4) is 0 Å². The van der Waals surface area contributed by atoms with E-state index in [1.165, 1.54) is 5.56 Å². The Kier molecular flexibility index (Phi) is 6.51. The van der Waals surface area contributed by atoms with E-state index in [9.17, 15) is 4.79 Å². The number of hydrogen-bond donors (Lipinski definition) is 1. The van der Waals surface area contributed by atoms with Crippen molar-refractivity contribution in [3.63, 3.8) is 0 Å². The summed E-state index contributed by atoms with van der Waals surface area (Å²) in [6, 6.07) is 15.7. The normalized spacial score (nSPS) is 9.40. The molecule has 2 aromatic rings. The van der Waals surface area contributed by atoms with Gasteiger partial charge in [-0.2, -0.15) is 0 Å². The quantitative estimate of drug-likeness (QED) is 0.886. The molecule has 2 rings (SSSR count). The first-order valence-electron chi connectivity index (χ1n) is 7.06. The predicted molar refractivity (Wildman–Crippen MR) is 84.9 cm³/mol. The van der Waals surface area contributed by atoms with Crippen molar-refractivity contribution in [1.82, 2.24) is 5.32 Å². The molecular formula is C18H23NO. The van der Waals surface area contributed by atoms with Crippen LogP contribution < -0.4 is 5.32 Å². The van der Waals surface area contributed by atoms with Gasteiger partial charge in [-0.15, -0.1) is 0 Å². The lowest BCUT2D eigenvalue weighted by molar-refractivity contribution is 0.0951. The molecule has 106 valence electrons. The molecule has 2 aromatic carbocycles.